The fraction of sp³-hybridized carbons (Fsp3) is 0.417. The van der Waals surface area contributed by atoms with Crippen LogP contribution in [-0.4, -0.2) is 17.1 Å². The smallest absolute Gasteiger partial charge is 0.387 e. The first-order valence-electron chi connectivity index (χ1n) is 5.18. The average Bonchev–Trinajstić information content (AvgIpc) is 2.26. The number of hydrogen-bond donors (Lipinski definition) is 1. The molecule has 101 valence electrons. The maximum Gasteiger partial charge on any atom is 0.416 e. The van der Waals surface area contributed by atoms with Gasteiger partial charge in [-0.15, -0.1) is 0 Å². The lowest BCUT2D eigenvalue weighted by Crippen LogP contribution is -2.35. The highest BCUT2D eigenvalue weighted by molar-refractivity contribution is 5.26. The number of aliphatic hydroxyl groups excluding tert-OH is 1. The summed E-state index contributed by atoms with van der Waals surface area (Å²) in [5.74, 6) is -3.49. The van der Waals surface area contributed by atoms with Gasteiger partial charge in [0, 0.05) is 6.42 Å². The molecule has 1 N–H and O–H groups in total. The summed E-state index contributed by atoms with van der Waals surface area (Å²) in [5, 5.41) is 9.04. The highest BCUT2D eigenvalue weighted by Gasteiger charge is 2.38. The Bertz CT molecular complexity index is 400. The average molecular weight is 267 g/mol. The number of hydrogen-bond acceptors (Lipinski definition) is 1. The first-order chi connectivity index (χ1) is 8.16. The Labute approximate surface area is 101 Å². The van der Waals surface area contributed by atoms with Crippen LogP contribution in [-0.2, 0) is 12.6 Å². The molecule has 18 heavy (non-hydrogen) atoms. The van der Waals surface area contributed by atoms with Gasteiger partial charge in [0.1, 0.15) is 6.10 Å². The third-order valence-electron chi connectivity index (χ3n) is 2.46. The molecule has 1 rings (SSSR count). The molecule has 0 bridgehead atoms. The van der Waals surface area contributed by atoms with Crippen LogP contribution in [0.5, 0.6) is 0 Å². The Hall–Kier alpha value is -1.17. The largest absolute Gasteiger partial charge is 0.416 e. The predicted molar refractivity (Wildman–Crippen MR) is 56.1 cm³/mol. The molecular formula is C12H12F5O. The van der Waals surface area contributed by atoms with Crippen molar-refractivity contribution < 1.29 is 27.1 Å². The molecule has 0 aliphatic heterocycles. The van der Waals surface area contributed by atoms with Crippen molar-refractivity contribution in [3.63, 3.8) is 0 Å². The molecule has 6 heteroatoms. The van der Waals surface area contributed by atoms with Crippen molar-refractivity contribution in [2.75, 3.05) is 0 Å². The zero-order valence-electron chi connectivity index (χ0n) is 9.35. The number of benzene rings is 1. The Kier molecular flexibility index (Phi) is 4.32. The van der Waals surface area contributed by atoms with Crippen LogP contribution in [0.3, 0.4) is 0 Å². The number of halogens is 5. The molecule has 0 saturated carbocycles. The van der Waals surface area contributed by atoms with E-state index in [0.717, 1.165) is 12.1 Å². The molecular weight excluding hydrogens is 255 g/mol. The lowest BCUT2D eigenvalue weighted by atomic mass is 9.99. The quantitative estimate of drug-likeness (QED) is 0.828. The second kappa shape index (κ2) is 5.22. The van der Waals surface area contributed by atoms with Crippen molar-refractivity contribution in [2.24, 2.45) is 0 Å². The molecule has 1 unspecified atom stereocenters. The monoisotopic (exact) mass is 267 g/mol. The van der Waals surface area contributed by atoms with Gasteiger partial charge in [0.25, 0.3) is 5.92 Å². The first-order valence-corrected chi connectivity index (χ1v) is 5.18. The molecule has 1 aromatic rings. The lowest BCUT2D eigenvalue weighted by Gasteiger charge is -2.21. The highest BCUT2D eigenvalue weighted by atomic mass is 19.4. The Morgan fingerprint density at radius 1 is 1.17 bits per heavy atom. The van der Waals surface area contributed by atoms with Gasteiger partial charge in [0.2, 0.25) is 0 Å². The first kappa shape index (κ1) is 14.9. The van der Waals surface area contributed by atoms with E-state index < -0.39 is 36.6 Å². The minimum absolute atomic E-state index is 0.178. The summed E-state index contributed by atoms with van der Waals surface area (Å²) in [5.41, 5.74) is -1.16. The van der Waals surface area contributed by atoms with Gasteiger partial charge in [-0.05, 0) is 18.1 Å². The minimum atomic E-state index is -4.57. The van der Waals surface area contributed by atoms with E-state index in [0.29, 0.717) is 6.07 Å². The van der Waals surface area contributed by atoms with Crippen LogP contribution >= 0.6 is 0 Å². The molecule has 1 nitrogen and oxygen atoms in total. The van der Waals surface area contributed by atoms with E-state index in [-0.39, 0.29) is 5.56 Å². The molecule has 0 saturated heterocycles. The summed E-state index contributed by atoms with van der Waals surface area (Å²) in [6, 6.07) is 3.69. The maximum absolute atomic E-state index is 13.4. The van der Waals surface area contributed by atoms with E-state index in [4.69, 9.17) is 5.11 Å². The van der Waals surface area contributed by atoms with Gasteiger partial charge in [-0.3, -0.25) is 0 Å². The second-order valence-corrected chi connectivity index (χ2v) is 3.94. The highest BCUT2D eigenvalue weighted by Crippen LogP contribution is 2.31. The Balaban J connectivity index is 2.92. The molecule has 1 radical (unpaired) electrons. The van der Waals surface area contributed by atoms with Crippen LogP contribution in [0.1, 0.15) is 17.5 Å². The zero-order valence-corrected chi connectivity index (χ0v) is 9.35. The van der Waals surface area contributed by atoms with E-state index in [2.05, 4.69) is 6.92 Å². The molecule has 0 aliphatic rings. The van der Waals surface area contributed by atoms with E-state index in [9.17, 15) is 22.0 Å². The van der Waals surface area contributed by atoms with Crippen LogP contribution in [0, 0.1) is 6.92 Å². The van der Waals surface area contributed by atoms with Crippen LogP contribution in [0.15, 0.2) is 24.3 Å². The normalized spacial score (nSPS) is 14.6. The lowest BCUT2D eigenvalue weighted by molar-refractivity contribution is -0.137. The van der Waals surface area contributed by atoms with Gasteiger partial charge in [-0.1, -0.05) is 25.1 Å². The number of alkyl halides is 5. The number of rotatable bonds is 4. The van der Waals surface area contributed by atoms with Gasteiger partial charge < -0.3 is 5.11 Å². The third kappa shape index (κ3) is 3.66. The summed E-state index contributed by atoms with van der Waals surface area (Å²) < 4.78 is 63.9. The van der Waals surface area contributed by atoms with Crippen molar-refractivity contribution in [2.45, 2.75) is 31.0 Å². The van der Waals surface area contributed by atoms with Crippen molar-refractivity contribution in [3.05, 3.63) is 42.3 Å². The summed E-state index contributed by atoms with van der Waals surface area (Å²) in [7, 11) is 0. The molecule has 1 aromatic carbocycles. The Morgan fingerprint density at radius 2 is 1.78 bits per heavy atom. The van der Waals surface area contributed by atoms with Crippen LogP contribution < -0.4 is 0 Å². The standard InChI is InChI=1S/C12H12F5O/c1-2-10(18)11(13,14)7-8-4-3-5-9(6-8)12(15,16)17/h3-6,10,18H,1-2,7H2. The molecule has 0 fully saturated rings. The fourth-order valence-corrected chi connectivity index (χ4v) is 1.46. The van der Waals surface area contributed by atoms with Crippen molar-refractivity contribution in [1.29, 1.82) is 0 Å². The molecule has 0 aliphatic carbocycles. The van der Waals surface area contributed by atoms with Crippen molar-refractivity contribution in [3.8, 4) is 0 Å². The van der Waals surface area contributed by atoms with E-state index in [1.54, 1.807) is 0 Å². The topological polar surface area (TPSA) is 20.2 Å². The van der Waals surface area contributed by atoms with E-state index in [1.165, 1.54) is 6.07 Å². The van der Waals surface area contributed by atoms with E-state index >= 15 is 0 Å². The van der Waals surface area contributed by atoms with Gasteiger partial charge in [-0.2, -0.15) is 13.2 Å². The SMILES string of the molecule is [CH2]CC(O)C(F)(F)Cc1cccc(C(F)(F)F)c1. The predicted octanol–water partition coefficient (Wildman–Crippen LogP) is 3.47. The molecule has 0 amide bonds. The van der Waals surface area contributed by atoms with Gasteiger partial charge in [0.05, 0.1) is 5.56 Å². The summed E-state index contributed by atoms with van der Waals surface area (Å²) in [4.78, 5) is 0. The minimum Gasteiger partial charge on any atom is -0.387 e. The second-order valence-electron chi connectivity index (χ2n) is 3.94. The summed E-state index contributed by atoms with van der Waals surface area (Å²) in [6.45, 7) is 3.14. The van der Waals surface area contributed by atoms with E-state index in [1.807, 2.05) is 0 Å². The van der Waals surface area contributed by atoms with Crippen molar-refractivity contribution >= 4 is 0 Å². The molecule has 0 spiro atoms. The van der Waals surface area contributed by atoms with Gasteiger partial charge in [-0.25, -0.2) is 8.78 Å². The zero-order chi connectivity index (χ0) is 14.0. The fourth-order valence-electron chi connectivity index (χ4n) is 1.46. The summed E-state index contributed by atoms with van der Waals surface area (Å²) in [6.07, 6.45) is -7.90. The third-order valence-corrected chi connectivity index (χ3v) is 2.46. The van der Waals surface area contributed by atoms with Crippen LogP contribution in [0.2, 0.25) is 0 Å². The van der Waals surface area contributed by atoms with Crippen LogP contribution in [0.4, 0.5) is 22.0 Å². The van der Waals surface area contributed by atoms with Crippen molar-refractivity contribution in [1.82, 2.24) is 0 Å². The molecule has 0 aromatic heterocycles. The molecule has 0 heterocycles. The Morgan fingerprint density at radius 3 is 2.28 bits per heavy atom. The number of aliphatic hydroxyl groups is 1. The maximum atomic E-state index is 13.4. The van der Waals surface area contributed by atoms with Gasteiger partial charge in [0.15, 0.2) is 0 Å². The van der Waals surface area contributed by atoms with Gasteiger partial charge >= 0.3 is 6.18 Å². The summed E-state index contributed by atoms with van der Waals surface area (Å²) >= 11 is 0. The molecule has 1 atom stereocenters. The van der Waals surface area contributed by atoms with Crippen LogP contribution in [0.25, 0.3) is 0 Å².